The molecule has 2 aliphatic rings. The third-order valence-corrected chi connectivity index (χ3v) is 5.65. The quantitative estimate of drug-likeness (QED) is 0.792. The molecule has 1 saturated heterocycles. The lowest BCUT2D eigenvalue weighted by molar-refractivity contribution is 0.586. The summed E-state index contributed by atoms with van der Waals surface area (Å²) in [4.78, 5) is 4.44. The minimum Gasteiger partial charge on any atom is -0.373 e. The first-order valence-electron chi connectivity index (χ1n) is 6.17. The number of nitrogens with one attached hydrogen (secondary N) is 1. The molecular weight excluding hydrogens is 224 g/mol. The van der Waals surface area contributed by atoms with Crippen LogP contribution in [-0.2, 0) is 9.84 Å². The van der Waals surface area contributed by atoms with Gasteiger partial charge in [0.25, 0.3) is 0 Å². The predicted molar refractivity (Wildman–Crippen MR) is 65.6 cm³/mol. The van der Waals surface area contributed by atoms with Gasteiger partial charge in [-0.3, -0.25) is 4.99 Å². The van der Waals surface area contributed by atoms with Gasteiger partial charge in [-0.05, 0) is 25.7 Å². The summed E-state index contributed by atoms with van der Waals surface area (Å²) in [6.45, 7) is 1.45. The summed E-state index contributed by atoms with van der Waals surface area (Å²) in [6.07, 6.45) is 6.17. The van der Waals surface area contributed by atoms with E-state index in [-0.39, 0.29) is 5.25 Å². The average molecular weight is 244 g/mol. The molecule has 0 radical (unpaired) electrons. The lowest BCUT2D eigenvalue weighted by Crippen LogP contribution is -2.34. The Morgan fingerprint density at radius 2 is 2.12 bits per heavy atom. The van der Waals surface area contributed by atoms with Gasteiger partial charge in [0.2, 0.25) is 0 Å². The number of nitrogens with zero attached hydrogens (tertiary/aromatic N) is 1. The van der Waals surface area contributed by atoms with Crippen LogP contribution in [0.25, 0.3) is 0 Å². The van der Waals surface area contributed by atoms with Crippen molar-refractivity contribution in [1.29, 1.82) is 0 Å². The number of hydrogen-bond donors (Lipinski definition) is 1. The maximum atomic E-state index is 11.6. The van der Waals surface area contributed by atoms with Gasteiger partial charge in [0.05, 0.1) is 16.8 Å². The third kappa shape index (κ3) is 2.97. The summed E-state index contributed by atoms with van der Waals surface area (Å²) in [5.74, 6) is 1.38. The molecule has 1 N–H and O–H groups in total. The number of rotatable bonds is 2. The molecule has 4 nitrogen and oxygen atoms in total. The van der Waals surface area contributed by atoms with E-state index in [4.69, 9.17) is 0 Å². The first kappa shape index (κ1) is 11.9. The predicted octanol–water partition coefficient (Wildman–Crippen LogP) is 1.13. The van der Waals surface area contributed by atoms with Crippen LogP contribution in [0.3, 0.4) is 0 Å². The number of aliphatic imine (C=N–C) groups is 1. The molecule has 0 bridgehead atoms. The van der Waals surface area contributed by atoms with E-state index in [9.17, 15) is 8.42 Å². The molecule has 2 aliphatic heterocycles. The normalized spacial score (nSPS) is 29.5. The van der Waals surface area contributed by atoms with Crippen LogP contribution in [0.1, 0.15) is 38.5 Å². The summed E-state index contributed by atoms with van der Waals surface area (Å²) in [5, 5.41) is 3.05. The van der Waals surface area contributed by atoms with Gasteiger partial charge in [-0.25, -0.2) is 8.42 Å². The van der Waals surface area contributed by atoms with Crippen LogP contribution in [0.5, 0.6) is 0 Å². The highest BCUT2D eigenvalue weighted by molar-refractivity contribution is 7.92. The molecule has 1 atom stereocenters. The largest absolute Gasteiger partial charge is 0.373 e. The zero-order valence-corrected chi connectivity index (χ0v) is 10.4. The third-order valence-electron chi connectivity index (χ3n) is 3.37. The molecule has 1 unspecified atom stereocenters. The summed E-state index contributed by atoms with van der Waals surface area (Å²) in [7, 11) is -2.81. The Morgan fingerprint density at radius 3 is 2.88 bits per heavy atom. The molecule has 1 fully saturated rings. The van der Waals surface area contributed by atoms with Crippen molar-refractivity contribution in [2.45, 2.75) is 43.8 Å². The minimum atomic E-state index is -2.81. The van der Waals surface area contributed by atoms with Crippen LogP contribution in [0, 0.1) is 0 Å². The van der Waals surface area contributed by atoms with Gasteiger partial charge in [-0.1, -0.05) is 6.42 Å². The maximum absolute atomic E-state index is 11.6. The fraction of sp³-hybridized carbons (Fsp3) is 0.909. The lowest BCUT2D eigenvalue weighted by atomic mass is 10.2. The molecule has 0 aromatic heterocycles. The zero-order chi connectivity index (χ0) is 11.4. The zero-order valence-electron chi connectivity index (χ0n) is 9.61. The molecule has 16 heavy (non-hydrogen) atoms. The van der Waals surface area contributed by atoms with Crippen molar-refractivity contribution in [1.82, 2.24) is 5.32 Å². The van der Waals surface area contributed by atoms with Crippen molar-refractivity contribution in [3.63, 3.8) is 0 Å². The Bertz CT molecular complexity index is 362. The topological polar surface area (TPSA) is 58.5 Å². The van der Waals surface area contributed by atoms with Gasteiger partial charge in [-0.15, -0.1) is 0 Å². The maximum Gasteiger partial charge on any atom is 0.154 e. The van der Waals surface area contributed by atoms with E-state index < -0.39 is 9.84 Å². The average Bonchev–Trinajstić information content (AvgIpc) is 2.48. The fourth-order valence-corrected chi connectivity index (χ4v) is 4.10. The number of amidine groups is 1. The molecule has 0 spiro atoms. The van der Waals surface area contributed by atoms with Crippen molar-refractivity contribution in [3.05, 3.63) is 0 Å². The Balaban J connectivity index is 1.85. The monoisotopic (exact) mass is 244 g/mol. The van der Waals surface area contributed by atoms with Crippen LogP contribution in [0.4, 0.5) is 0 Å². The Morgan fingerprint density at radius 1 is 1.25 bits per heavy atom. The SMILES string of the molecule is O=S1(=O)CCCC1CNC1=NCCCCC1. The standard InChI is InChI=1S/C11H20N2O2S/c14-16(15)8-4-5-10(16)9-13-11-6-2-1-3-7-12-11/h10H,1-9H2,(H,12,13). The molecular formula is C11H20N2O2S. The summed E-state index contributed by atoms with van der Waals surface area (Å²) < 4.78 is 23.2. The van der Waals surface area contributed by atoms with Crippen LogP contribution < -0.4 is 5.32 Å². The Labute approximate surface area is 97.4 Å². The highest BCUT2D eigenvalue weighted by Gasteiger charge is 2.30. The van der Waals surface area contributed by atoms with E-state index in [0.29, 0.717) is 12.3 Å². The first-order valence-corrected chi connectivity index (χ1v) is 7.89. The van der Waals surface area contributed by atoms with Gasteiger partial charge >= 0.3 is 0 Å². The molecule has 92 valence electrons. The molecule has 5 heteroatoms. The van der Waals surface area contributed by atoms with Gasteiger partial charge in [0, 0.05) is 19.5 Å². The smallest absolute Gasteiger partial charge is 0.154 e. The van der Waals surface area contributed by atoms with E-state index in [1.165, 1.54) is 12.8 Å². The molecule has 0 aromatic carbocycles. The van der Waals surface area contributed by atoms with Crippen molar-refractivity contribution in [3.8, 4) is 0 Å². The molecule has 2 rings (SSSR count). The van der Waals surface area contributed by atoms with Crippen molar-refractivity contribution in [2.24, 2.45) is 4.99 Å². The van der Waals surface area contributed by atoms with E-state index in [2.05, 4.69) is 10.3 Å². The fourth-order valence-electron chi connectivity index (χ4n) is 2.34. The lowest BCUT2D eigenvalue weighted by Gasteiger charge is -2.12. The van der Waals surface area contributed by atoms with Crippen molar-refractivity contribution >= 4 is 15.7 Å². The van der Waals surface area contributed by atoms with Crippen molar-refractivity contribution in [2.75, 3.05) is 18.8 Å². The van der Waals surface area contributed by atoms with Crippen LogP contribution >= 0.6 is 0 Å². The summed E-state index contributed by atoms with van der Waals surface area (Å²) in [5.41, 5.74) is 0. The molecule has 0 saturated carbocycles. The summed E-state index contributed by atoms with van der Waals surface area (Å²) >= 11 is 0. The highest BCUT2D eigenvalue weighted by atomic mass is 32.2. The van der Waals surface area contributed by atoms with Gasteiger partial charge in [-0.2, -0.15) is 0 Å². The number of sulfone groups is 1. The van der Waals surface area contributed by atoms with Crippen molar-refractivity contribution < 1.29 is 8.42 Å². The second-order valence-corrected chi connectivity index (χ2v) is 7.05. The van der Waals surface area contributed by atoms with Crippen LogP contribution in [0.2, 0.25) is 0 Å². The van der Waals surface area contributed by atoms with Crippen LogP contribution in [0.15, 0.2) is 4.99 Å². The molecule has 2 heterocycles. The second-order valence-electron chi connectivity index (χ2n) is 4.65. The van der Waals surface area contributed by atoms with E-state index in [1.54, 1.807) is 0 Å². The van der Waals surface area contributed by atoms with Gasteiger partial charge in [0.1, 0.15) is 0 Å². The Hall–Kier alpha value is -0.580. The molecule has 0 aromatic rings. The van der Waals surface area contributed by atoms with Crippen LogP contribution in [-0.4, -0.2) is 38.3 Å². The van der Waals surface area contributed by atoms with Gasteiger partial charge < -0.3 is 5.32 Å². The number of hydrogen-bond acceptors (Lipinski definition) is 4. The second kappa shape index (κ2) is 5.17. The van der Waals surface area contributed by atoms with E-state index in [1.807, 2.05) is 0 Å². The van der Waals surface area contributed by atoms with E-state index >= 15 is 0 Å². The van der Waals surface area contributed by atoms with E-state index in [0.717, 1.165) is 38.1 Å². The molecule has 0 aliphatic carbocycles. The highest BCUT2D eigenvalue weighted by Crippen LogP contribution is 2.19. The first-order chi connectivity index (χ1) is 7.68. The molecule has 0 amide bonds. The van der Waals surface area contributed by atoms with Gasteiger partial charge in [0.15, 0.2) is 9.84 Å². The minimum absolute atomic E-state index is 0.182. The summed E-state index contributed by atoms with van der Waals surface area (Å²) in [6, 6.07) is 0. The Kier molecular flexibility index (Phi) is 3.84.